The molecule has 1 aliphatic rings. The van der Waals surface area contributed by atoms with Gasteiger partial charge in [0.15, 0.2) is 0 Å². The molecule has 1 heterocycles. The topological polar surface area (TPSA) is 72.9 Å². The maximum atomic E-state index is 13.1. The minimum absolute atomic E-state index is 0.189. The molecule has 0 amide bonds. The molecule has 0 aliphatic carbocycles. The zero-order chi connectivity index (χ0) is 21.2. The van der Waals surface area contributed by atoms with E-state index in [1.165, 1.54) is 11.2 Å². The van der Waals surface area contributed by atoms with E-state index < -0.39 is 22.1 Å². The largest absolute Gasteiger partial charge is 0.497 e. The highest BCUT2D eigenvalue weighted by Gasteiger charge is 2.40. The fourth-order valence-corrected chi connectivity index (χ4v) is 4.93. The van der Waals surface area contributed by atoms with Crippen molar-refractivity contribution in [3.8, 4) is 5.75 Å². The maximum absolute atomic E-state index is 13.1. The number of benzene rings is 2. The van der Waals surface area contributed by atoms with Crippen LogP contribution in [0.2, 0.25) is 0 Å². The van der Waals surface area contributed by atoms with Gasteiger partial charge in [-0.05, 0) is 36.8 Å². The van der Waals surface area contributed by atoms with Crippen molar-refractivity contribution in [1.29, 1.82) is 0 Å². The Kier molecular flexibility index (Phi) is 6.10. The number of sulfonamides is 1. The van der Waals surface area contributed by atoms with E-state index in [2.05, 4.69) is 6.58 Å². The molecule has 3 rings (SSSR count). The first-order chi connectivity index (χ1) is 13.7. The molecule has 1 fully saturated rings. The molecule has 0 saturated carbocycles. The van der Waals surface area contributed by atoms with Crippen molar-refractivity contribution in [2.45, 2.75) is 24.8 Å². The van der Waals surface area contributed by atoms with Crippen molar-refractivity contribution in [3.05, 3.63) is 71.8 Å². The van der Waals surface area contributed by atoms with Crippen LogP contribution in [0.4, 0.5) is 0 Å². The predicted molar refractivity (Wildman–Crippen MR) is 110 cm³/mol. The van der Waals surface area contributed by atoms with Gasteiger partial charge in [0.25, 0.3) is 0 Å². The van der Waals surface area contributed by atoms with Gasteiger partial charge in [-0.25, -0.2) is 8.42 Å². The summed E-state index contributed by atoms with van der Waals surface area (Å²) in [5, 5.41) is 0. The first kappa shape index (κ1) is 21.1. The Morgan fingerprint density at radius 2 is 1.76 bits per heavy atom. The molecule has 2 unspecified atom stereocenters. The van der Waals surface area contributed by atoms with Gasteiger partial charge in [-0.3, -0.25) is 4.79 Å². The van der Waals surface area contributed by atoms with E-state index in [0.29, 0.717) is 11.3 Å². The molecule has 0 radical (unpaired) electrons. The summed E-state index contributed by atoms with van der Waals surface area (Å²) in [7, 11) is -2.09. The van der Waals surface area contributed by atoms with Crippen LogP contribution in [0, 0.1) is 12.8 Å². The summed E-state index contributed by atoms with van der Waals surface area (Å²) >= 11 is 0. The van der Waals surface area contributed by atoms with Gasteiger partial charge >= 0.3 is 5.97 Å². The Morgan fingerprint density at radius 1 is 1.14 bits per heavy atom. The standard InChI is InChI=1S/C22H25NO5S/c1-15-5-11-20(12-6-15)29(25,26)23-13-16(2)21(14-23)22(28-17(3)24)18-7-9-19(27-4)10-8-18/h5-12,21-22H,2,13-14H2,1,3-4H3. The van der Waals surface area contributed by atoms with E-state index in [4.69, 9.17) is 9.47 Å². The molecule has 154 valence electrons. The average molecular weight is 416 g/mol. The minimum Gasteiger partial charge on any atom is -0.497 e. The van der Waals surface area contributed by atoms with Crippen molar-refractivity contribution in [3.63, 3.8) is 0 Å². The third-order valence-corrected chi connectivity index (χ3v) is 6.89. The van der Waals surface area contributed by atoms with E-state index in [1.54, 1.807) is 43.5 Å². The molecule has 29 heavy (non-hydrogen) atoms. The highest BCUT2D eigenvalue weighted by atomic mass is 32.2. The second kappa shape index (κ2) is 8.39. The van der Waals surface area contributed by atoms with E-state index in [-0.39, 0.29) is 23.9 Å². The molecule has 0 aromatic heterocycles. The quantitative estimate of drug-likeness (QED) is 0.533. The molecule has 2 atom stereocenters. The van der Waals surface area contributed by atoms with Crippen LogP contribution < -0.4 is 4.74 Å². The minimum atomic E-state index is -3.66. The Bertz CT molecular complexity index is 997. The van der Waals surface area contributed by atoms with Gasteiger partial charge in [0, 0.05) is 25.9 Å². The maximum Gasteiger partial charge on any atom is 0.303 e. The zero-order valence-electron chi connectivity index (χ0n) is 16.8. The summed E-state index contributed by atoms with van der Waals surface area (Å²) in [6, 6.07) is 14.0. The van der Waals surface area contributed by atoms with Crippen LogP contribution in [-0.2, 0) is 19.6 Å². The first-order valence-corrected chi connectivity index (χ1v) is 10.7. The Balaban J connectivity index is 1.88. The van der Waals surface area contributed by atoms with E-state index in [1.807, 2.05) is 19.1 Å². The lowest BCUT2D eigenvalue weighted by Crippen LogP contribution is -2.30. The molecule has 6 nitrogen and oxygen atoms in total. The van der Waals surface area contributed by atoms with E-state index >= 15 is 0 Å². The van der Waals surface area contributed by atoms with Gasteiger partial charge in [-0.15, -0.1) is 0 Å². The van der Waals surface area contributed by atoms with Gasteiger partial charge in [-0.1, -0.05) is 42.0 Å². The van der Waals surface area contributed by atoms with Crippen LogP contribution >= 0.6 is 0 Å². The summed E-state index contributed by atoms with van der Waals surface area (Å²) in [4.78, 5) is 12.0. The van der Waals surface area contributed by atoms with Crippen molar-refractivity contribution in [2.24, 2.45) is 5.92 Å². The molecule has 0 bridgehead atoms. The molecule has 1 aliphatic heterocycles. The van der Waals surface area contributed by atoms with Crippen molar-refractivity contribution in [1.82, 2.24) is 4.31 Å². The van der Waals surface area contributed by atoms with Crippen molar-refractivity contribution in [2.75, 3.05) is 20.2 Å². The molecule has 7 heteroatoms. The number of hydrogen-bond donors (Lipinski definition) is 0. The lowest BCUT2D eigenvalue weighted by atomic mass is 9.92. The molecule has 0 spiro atoms. The number of esters is 1. The van der Waals surface area contributed by atoms with E-state index in [9.17, 15) is 13.2 Å². The second-order valence-corrected chi connectivity index (χ2v) is 9.12. The number of methoxy groups -OCH3 is 1. The number of carbonyl (C=O) groups is 1. The fraction of sp³-hybridized carbons (Fsp3) is 0.318. The fourth-order valence-electron chi connectivity index (χ4n) is 3.46. The molecule has 2 aromatic carbocycles. The lowest BCUT2D eigenvalue weighted by Gasteiger charge is -2.25. The normalized spacial score (nSPS) is 18.4. The first-order valence-electron chi connectivity index (χ1n) is 9.28. The van der Waals surface area contributed by atoms with E-state index in [0.717, 1.165) is 11.1 Å². The van der Waals surface area contributed by atoms with Crippen LogP contribution in [0.25, 0.3) is 0 Å². The SMILES string of the molecule is C=C1CN(S(=O)(=O)c2ccc(C)cc2)CC1C(OC(C)=O)c1ccc(OC)cc1. The zero-order valence-corrected chi connectivity index (χ0v) is 17.6. The van der Waals surface area contributed by atoms with Gasteiger partial charge < -0.3 is 9.47 Å². The van der Waals surface area contributed by atoms with Crippen LogP contribution in [0.3, 0.4) is 0 Å². The average Bonchev–Trinajstić information content (AvgIpc) is 3.09. The van der Waals surface area contributed by atoms with Crippen molar-refractivity contribution >= 4 is 16.0 Å². The summed E-state index contributed by atoms with van der Waals surface area (Å²) in [5.41, 5.74) is 2.46. The number of carbonyl (C=O) groups excluding carboxylic acids is 1. The van der Waals surface area contributed by atoms with Crippen LogP contribution in [0.5, 0.6) is 5.75 Å². The van der Waals surface area contributed by atoms with Crippen LogP contribution in [-0.4, -0.2) is 38.9 Å². The number of hydrogen-bond acceptors (Lipinski definition) is 5. The van der Waals surface area contributed by atoms with Crippen LogP contribution in [0.15, 0.2) is 65.6 Å². The summed E-state index contributed by atoms with van der Waals surface area (Å²) in [6.45, 7) is 7.70. The van der Waals surface area contributed by atoms with Gasteiger partial charge in [0.1, 0.15) is 11.9 Å². The smallest absolute Gasteiger partial charge is 0.303 e. The Morgan fingerprint density at radius 3 is 2.31 bits per heavy atom. The number of ether oxygens (including phenoxy) is 2. The lowest BCUT2D eigenvalue weighted by molar-refractivity contribution is -0.148. The molecular formula is C22H25NO5S. The predicted octanol–water partition coefficient (Wildman–Crippen LogP) is 3.48. The third-order valence-electron chi connectivity index (χ3n) is 5.07. The van der Waals surface area contributed by atoms with Crippen molar-refractivity contribution < 1.29 is 22.7 Å². The number of nitrogens with zero attached hydrogens (tertiary/aromatic N) is 1. The molecule has 2 aromatic rings. The number of rotatable bonds is 6. The Labute approximate surface area is 171 Å². The highest BCUT2D eigenvalue weighted by molar-refractivity contribution is 7.89. The molecule has 0 N–H and O–H groups in total. The van der Waals surface area contributed by atoms with Crippen LogP contribution in [0.1, 0.15) is 24.2 Å². The summed E-state index contributed by atoms with van der Waals surface area (Å²) < 4.78 is 38.3. The highest BCUT2D eigenvalue weighted by Crippen LogP contribution is 2.38. The summed E-state index contributed by atoms with van der Waals surface area (Å²) in [6.07, 6.45) is -0.621. The molecule has 1 saturated heterocycles. The number of aryl methyl sites for hydroxylation is 1. The molecular weight excluding hydrogens is 390 g/mol. The second-order valence-electron chi connectivity index (χ2n) is 7.18. The van der Waals surface area contributed by atoms with Gasteiger partial charge in [-0.2, -0.15) is 4.31 Å². The van der Waals surface area contributed by atoms with Gasteiger partial charge in [0.2, 0.25) is 10.0 Å². The van der Waals surface area contributed by atoms with Gasteiger partial charge in [0.05, 0.1) is 12.0 Å². The Hall–Kier alpha value is -2.64. The summed E-state index contributed by atoms with van der Waals surface area (Å²) in [5.74, 6) is -0.0878. The monoisotopic (exact) mass is 415 g/mol. The third kappa shape index (κ3) is 4.52.